The molecule has 0 aromatic carbocycles. The fraction of sp³-hybridized carbons (Fsp3) is 0.562. The van der Waals surface area contributed by atoms with Crippen LogP contribution in [-0.4, -0.2) is 70.6 Å². The van der Waals surface area contributed by atoms with Crippen molar-refractivity contribution in [3.8, 4) is 0 Å². The van der Waals surface area contributed by atoms with Crippen molar-refractivity contribution in [3.63, 3.8) is 0 Å². The van der Waals surface area contributed by atoms with Gasteiger partial charge in [-0.05, 0) is 13.8 Å². The Morgan fingerprint density at radius 3 is 2.69 bits per heavy atom. The summed E-state index contributed by atoms with van der Waals surface area (Å²) in [5.74, 6) is 0.863. The van der Waals surface area contributed by atoms with E-state index in [4.69, 9.17) is 9.73 Å². The van der Waals surface area contributed by atoms with E-state index in [1.54, 1.807) is 16.2 Å². The van der Waals surface area contributed by atoms with E-state index < -0.39 is 0 Å². The van der Waals surface area contributed by atoms with E-state index in [2.05, 4.69) is 22.1 Å². The summed E-state index contributed by atoms with van der Waals surface area (Å²) in [5.41, 5.74) is 0.951. The van der Waals surface area contributed by atoms with E-state index in [1.165, 1.54) is 0 Å². The highest BCUT2D eigenvalue weighted by molar-refractivity contribution is 14.0. The van der Waals surface area contributed by atoms with Crippen LogP contribution in [0, 0.1) is 0 Å². The van der Waals surface area contributed by atoms with Crippen molar-refractivity contribution < 1.29 is 9.53 Å². The average molecular weight is 492 g/mol. The standard InChI is InChI=1S/C16H24N6O2S.HI/c1-3-17-14(18-11-13-12-22-9-10-25-15(22)19-13)20-5-7-21(8-6-20)16(23)24-4-2;/h9-10,12H,3-8,11H2,1-2H3,(H,17,18);1H. The zero-order chi connectivity index (χ0) is 17.6. The maximum atomic E-state index is 11.8. The highest BCUT2D eigenvalue weighted by Crippen LogP contribution is 2.12. The predicted octanol–water partition coefficient (Wildman–Crippen LogP) is 2.25. The number of thiazole rings is 1. The van der Waals surface area contributed by atoms with E-state index >= 15 is 0 Å². The van der Waals surface area contributed by atoms with Crippen LogP contribution in [0.5, 0.6) is 0 Å². The number of ether oxygens (including phenoxy) is 1. The number of aliphatic imine (C=N–C) groups is 1. The number of piperazine rings is 1. The van der Waals surface area contributed by atoms with Crippen LogP contribution in [0.2, 0.25) is 0 Å². The minimum Gasteiger partial charge on any atom is -0.450 e. The second-order valence-corrected chi connectivity index (χ2v) is 6.54. The molecular formula is C16H25IN6O2S. The summed E-state index contributed by atoms with van der Waals surface area (Å²) in [5, 5.41) is 5.34. The third-order valence-corrected chi connectivity index (χ3v) is 4.74. The number of aromatic nitrogens is 2. The predicted molar refractivity (Wildman–Crippen MR) is 113 cm³/mol. The normalized spacial score (nSPS) is 15.1. The van der Waals surface area contributed by atoms with Crippen molar-refractivity contribution in [2.24, 2.45) is 4.99 Å². The Morgan fingerprint density at radius 1 is 1.31 bits per heavy atom. The van der Waals surface area contributed by atoms with Crippen LogP contribution in [-0.2, 0) is 11.3 Å². The lowest BCUT2D eigenvalue weighted by molar-refractivity contribution is 0.0914. The number of halogens is 1. The number of nitrogens with one attached hydrogen (secondary N) is 1. The van der Waals surface area contributed by atoms with Crippen molar-refractivity contribution >= 4 is 52.3 Å². The zero-order valence-electron chi connectivity index (χ0n) is 15.1. The second kappa shape index (κ2) is 9.95. The third kappa shape index (κ3) is 5.00. The third-order valence-electron chi connectivity index (χ3n) is 3.97. The number of hydrogen-bond donors (Lipinski definition) is 1. The van der Waals surface area contributed by atoms with Crippen LogP contribution in [0.3, 0.4) is 0 Å². The molecule has 0 radical (unpaired) electrons. The Bertz CT molecular complexity index is 710. The van der Waals surface area contributed by atoms with Crippen LogP contribution >= 0.6 is 35.3 Å². The number of guanidine groups is 1. The molecule has 10 heteroatoms. The Balaban J connectivity index is 0.00000243. The van der Waals surface area contributed by atoms with Gasteiger partial charge in [-0.1, -0.05) is 0 Å². The smallest absolute Gasteiger partial charge is 0.409 e. The highest BCUT2D eigenvalue weighted by Gasteiger charge is 2.23. The lowest BCUT2D eigenvalue weighted by Crippen LogP contribution is -2.53. The fourth-order valence-corrected chi connectivity index (χ4v) is 3.47. The van der Waals surface area contributed by atoms with E-state index in [1.807, 2.05) is 29.1 Å². The lowest BCUT2D eigenvalue weighted by Gasteiger charge is -2.35. The maximum absolute atomic E-state index is 11.8. The quantitative estimate of drug-likeness (QED) is 0.403. The van der Waals surface area contributed by atoms with Gasteiger partial charge in [0.1, 0.15) is 0 Å². The fourth-order valence-electron chi connectivity index (χ4n) is 2.75. The van der Waals surface area contributed by atoms with Crippen LogP contribution in [0.25, 0.3) is 4.96 Å². The summed E-state index contributed by atoms with van der Waals surface area (Å²) < 4.78 is 7.08. The number of carbonyl (C=O) groups excluding carboxylic acids is 1. The summed E-state index contributed by atoms with van der Waals surface area (Å²) >= 11 is 1.62. The minimum absolute atomic E-state index is 0. The number of rotatable bonds is 4. The summed E-state index contributed by atoms with van der Waals surface area (Å²) in [7, 11) is 0. The second-order valence-electron chi connectivity index (χ2n) is 5.67. The molecule has 0 unspecified atom stereocenters. The van der Waals surface area contributed by atoms with Crippen molar-refractivity contribution in [1.82, 2.24) is 24.5 Å². The molecule has 26 heavy (non-hydrogen) atoms. The van der Waals surface area contributed by atoms with Gasteiger partial charge < -0.3 is 19.9 Å². The first-order valence-electron chi connectivity index (χ1n) is 8.57. The van der Waals surface area contributed by atoms with Gasteiger partial charge in [-0.2, -0.15) is 0 Å². The van der Waals surface area contributed by atoms with Gasteiger partial charge in [0, 0.05) is 50.5 Å². The van der Waals surface area contributed by atoms with Gasteiger partial charge >= 0.3 is 6.09 Å². The van der Waals surface area contributed by atoms with Gasteiger partial charge in [-0.3, -0.25) is 4.40 Å². The first-order chi connectivity index (χ1) is 12.2. The van der Waals surface area contributed by atoms with Crippen LogP contribution < -0.4 is 5.32 Å². The Kier molecular flexibility index (Phi) is 7.94. The molecule has 1 saturated heterocycles. The van der Waals surface area contributed by atoms with Crippen molar-refractivity contribution in [2.45, 2.75) is 20.4 Å². The summed E-state index contributed by atoms with van der Waals surface area (Å²) in [4.78, 5) is 26.0. The molecule has 0 bridgehead atoms. The van der Waals surface area contributed by atoms with Gasteiger partial charge in [-0.15, -0.1) is 35.3 Å². The Morgan fingerprint density at radius 2 is 2.04 bits per heavy atom. The van der Waals surface area contributed by atoms with Crippen LogP contribution in [0.4, 0.5) is 4.79 Å². The van der Waals surface area contributed by atoms with E-state index in [9.17, 15) is 4.79 Å². The van der Waals surface area contributed by atoms with Gasteiger partial charge in [0.15, 0.2) is 10.9 Å². The molecule has 1 fully saturated rings. The zero-order valence-corrected chi connectivity index (χ0v) is 18.2. The molecule has 1 amide bonds. The molecule has 3 heterocycles. The van der Waals surface area contributed by atoms with Gasteiger partial charge in [0.05, 0.1) is 18.8 Å². The molecule has 2 aromatic rings. The molecule has 1 N–H and O–H groups in total. The molecule has 1 aliphatic rings. The SMILES string of the molecule is CCNC(=NCc1cn2ccsc2n1)N1CCN(C(=O)OCC)CC1.I. The van der Waals surface area contributed by atoms with Gasteiger partial charge in [0.2, 0.25) is 0 Å². The Hall–Kier alpha value is -1.56. The number of carbonyl (C=O) groups is 1. The Labute approximate surface area is 174 Å². The largest absolute Gasteiger partial charge is 0.450 e. The number of hydrogen-bond acceptors (Lipinski definition) is 5. The van der Waals surface area contributed by atoms with Crippen LogP contribution in [0.1, 0.15) is 19.5 Å². The lowest BCUT2D eigenvalue weighted by atomic mass is 10.3. The molecule has 2 aromatic heterocycles. The minimum atomic E-state index is -0.234. The van der Waals surface area contributed by atoms with Crippen molar-refractivity contribution in [2.75, 3.05) is 39.3 Å². The van der Waals surface area contributed by atoms with Gasteiger partial charge in [-0.25, -0.2) is 14.8 Å². The van der Waals surface area contributed by atoms with Crippen LogP contribution in [0.15, 0.2) is 22.8 Å². The van der Waals surface area contributed by atoms with E-state index in [0.717, 1.165) is 36.2 Å². The molecule has 144 valence electrons. The van der Waals surface area contributed by atoms with Crippen molar-refractivity contribution in [1.29, 1.82) is 0 Å². The maximum Gasteiger partial charge on any atom is 0.409 e. The summed E-state index contributed by atoms with van der Waals surface area (Å²) in [6.45, 7) is 8.38. The average Bonchev–Trinajstić information content (AvgIpc) is 3.20. The molecule has 3 rings (SSSR count). The van der Waals surface area contributed by atoms with E-state index in [-0.39, 0.29) is 30.1 Å². The first kappa shape index (κ1) is 20.7. The highest BCUT2D eigenvalue weighted by atomic mass is 127. The molecule has 0 aliphatic carbocycles. The summed E-state index contributed by atoms with van der Waals surface area (Å²) in [6.07, 6.45) is 3.78. The first-order valence-corrected chi connectivity index (χ1v) is 9.45. The van der Waals surface area contributed by atoms with E-state index in [0.29, 0.717) is 26.2 Å². The monoisotopic (exact) mass is 492 g/mol. The number of amides is 1. The number of imidazole rings is 1. The number of fused-ring (bicyclic) bond motifs is 1. The number of nitrogens with zero attached hydrogens (tertiary/aromatic N) is 5. The molecular weight excluding hydrogens is 467 g/mol. The molecule has 8 nitrogen and oxygen atoms in total. The molecule has 0 atom stereocenters. The summed E-state index contributed by atoms with van der Waals surface area (Å²) in [6, 6.07) is 0. The molecule has 0 saturated carbocycles. The van der Waals surface area contributed by atoms with Gasteiger partial charge in [0.25, 0.3) is 0 Å². The van der Waals surface area contributed by atoms with Crippen molar-refractivity contribution in [3.05, 3.63) is 23.5 Å². The topological polar surface area (TPSA) is 74.5 Å². The molecule has 1 aliphatic heterocycles. The molecule has 0 spiro atoms.